The fraction of sp³-hybridized carbons (Fsp3) is 0.278. The lowest BCUT2D eigenvalue weighted by Crippen LogP contribution is -2.42. The van der Waals surface area contributed by atoms with Crippen LogP contribution in [0.25, 0.3) is 0 Å². The molecule has 0 saturated heterocycles. The van der Waals surface area contributed by atoms with Gasteiger partial charge in [-0.25, -0.2) is 4.39 Å². The third-order valence-electron chi connectivity index (χ3n) is 3.97. The highest BCUT2D eigenvalue weighted by Gasteiger charge is 2.30. The highest BCUT2D eigenvalue weighted by molar-refractivity contribution is 6.33. The van der Waals surface area contributed by atoms with E-state index < -0.39 is 11.4 Å². The molecule has 0 bridgehead atoms. The summed E-state index contributed by atoms with van der Waals surface area (Å²) in [6.45, 7) is 2.28. The monoisotopic (exact) mass is 335 g/mol. The topological polar surface area (TPSA) is 38.3 Å². The van der Waals surface area contributed by atoms with Gasteiger partial charge in [0.25, 0.3) is 5.91 Å². The van der Waals surface area contributed by atoms with E-state index in [1.165, 1.54) is 12.1 Å². The molecular formula is C18H19ClFNO2. The zero-order chi connectivity index (χ0) is 16.9. The maximum Gasteiger partial charge on any atom is 0.252 e. The molecule has 2 aromatic carbocycles. The lowest BCUT2D eigenvalue weighted by Gasteiger charge is -2.32. The van der Waals surface area contributed by atoms with Crippen molar-refractivity contribution in [3.8, 4) is 0 Å². The van der Waals surface area contributed by atoms with Gasteiger partial charge in [0.1, 0.15) is 11.4 Å². The second-order valence-electron chi connectivity index (χ2n) is 5.22. The summed E-state index contributed by atoms with van der Waals surface area (Å²) in [5, 5.41) is 2.91. The average molecular weight is 336 g/mol. The zero-order valence-corrected chi connectivity index (χ0v) is 13.9. The van der Waals surface area contributed by atoms with Crippen molar-refractivity contribution in [2.45, 2.75) is 18.9 Å². The van der Waals surface area contributed by atoms with E-state index in [4.69, 9.17) is 16.3 Å². The number of amides is 1. The Balaban J connectivity index is 2.17. The third-order valence-corrected chi connectivity index (χ3v) is 4.28. The molecule has 0 aliphatic rings. The highest BCUT2D eigenvalue weighted by atomic mass is 35.5. The van der Waals surface area contributed by atoms with Gasteiger partial charge in [0.2, 0.25) is 0 Å². The highest BCUT2D eigenvalue weighted by Crippen LogP contribution is 2.28. The van der Waals surface area contributed by atoms with Gasteiger partial charge in [-0.15, -0.1) is 0 Å². The van der Waals surface area contributed by atoms with Gasteiger partial charge >= 0.3 is 0 Å². The van der Waals surface area contributed by atoms with E-state index in [1.54, 1.807) is 7.11 Å². The van der Waals surface area contributed by atoms with E-state index in [1.807, 2.05) is 37.3 Å². The first-order chi connectivity index (χ1) is 11.0. The van der Waals surface area contributed by atoms with Crippen molar-refractivity contribution >= 4 is 17.5 Å². The standard InChI is InChI=1S/C18H19ClFNO2/c1-3-18(23-2,13-7-5-4-6-8-13)12-21-17(22)15-10-9-14(20)11-16(15)19/h4-11H,3,12H2,1-2H3,(H,21,22). The molecule has 122 valence electrons. The van der Waals surface area contributed by atoms with Crippen LogP contribution in [-0.2, 0) is 10.3 Å². The van der Waals surface area contributed by atoms with Gasteiger partial charge in [-0.3, -0.25) is 4.79 Å². The van der Waals surface area contributed by atoms with E-state index in [-0.39, 0.29) is 23.0 Å². The molecule has 3 nitrogen and oxygen atoms in total. The Morgan fingerprint density at radius 2 is 1.96 bits per heavy atom. The largest absolute Gasteiger partial charge is 0.372 e. The number of nitrogens with one attached hydrogen (secondary N) is 1. The second kappa shape index (κ2) is 7.57. The van der Waals surface area contributed by atoms with Crippen LogP contribution in [0.5, 0.6) is 0 Å². The molecule has 0 spiro atoms. The van der Waals surface area contributed by atoms with Gasteiger partial charge in [-0.05, 0) is 30.2 Å². The molecule has 1 unspecified atom stereocenters. The molecule has 1 atom stereocenters. The zero-order valence-electron chi connectivity index (χ0n) is 13.1. The molecule has 0 fully saturated rings. The van der Waals surface area contributed by atoms with Crippen LogP contribution in [0.1, 0.15) is 29.3 Å². The summed E-state index contributed by atoms with van der Waals surface area (Å²) in [6, 6.07) is 13.4. The van der Waals surface area contributed by atoms with Crippen LogP contribution in [-0.4, -0.2) is 19.6 Å². The van der Waals surface area contributed by atoms with Crippen molar-refractivity contribution in [1.82, 2.24) is 5.32 Å². The van der Waals surface area contributed by atoms with Crippen molar-refractivity contribution < 1.29 is 13.9 Å². The Hall–Kier alpha value is -1.91. The molecule has 2 aromatic rings. The lowest BCUT2D eigenvalue weighted by molar-refractivity contribution is -0.0164. The fourth-order valence-corrected chi connectivity index (χ4v) is 2.75. The summed E-state index contributed by atoms with van der Waals surface area (Å²) in [4.78, 5) is 12.3. The number of hydrogen-bond donors (Lipinski definition) is 1. The van der Waals surface area contributed by atoms with Gasteiger partial charge in [-0.1, -0.05) is 48.9 Å². The van der Waals surface area contributed by atoms with Crippen LogP contribution in [0.3, 0.4) is 0 Å². The van der Waals surface area contributed by atoms with Gasteiger partial charge in [0.05, 0.1) is 17.1 Å². The van der Waals surface area contributed by atoms with Crippen LogP contribution < -0.4 is 5.32 Å². The molecule has 2 rings (SSSR count). The Morgan fingerprint density at radius 1 is 1.26 bits per heavy atom. The first-order valence-corrected chi connectivity index (χ1v) is 7.74. The Kier molecular flexibility index (Phi) is 5.74. The minimum Gasteiger partial charge on any atom is -0.372 e. The number of carbonyl (C=O) groups is 1. The molecule has 0 heterocycles. The van der Waals surface area contributed by atoms with Crippen LogP contribution in [0.15, 0.2) is 48.5 Å². The first kappa shape index (κ1) is 17.4. The number of rotatable bonds is 6. The van der Waals surface area contributed by atoms with Crippen LogP contribution in [0.2, 0.25) is 5.02 Å². The van der Waals surface area contributed by atoms with Crippen molar-refractivity contribution in [2.24, 2.45) is 0 Å². The normalized spacial score (nSPS) is 13.4. The molecule has 1 N–H and O–H groups in total. The van der Waals surface area contributed by atoms with Gasteiger partial charge < -0.3 is 10.1 Å². The summed E-state index contributed by atoms with van der Waals surface area (Å²) in [5.41, 5.74) is 0.599. The van der Waals surface area contributed by atoms with E-state index in [9.17, 15) is 9.18 Å². The number of methoxy groups -OCH3 is 1. The predicted octanol–water partition coefficient (Wildman–Crippen LogP) is 4.16. The molecule has 0 saturated carbocycles. The molecule has 1 amide bonds. The number of benzene rings is 2. The summed E-state index contributed by atoms with van der Waals surface area (Å²) in [7, 11) is 1.62. The minimum absolute atomic E-state index is 0.0849. The molecule has 5 heteroatoms. The maximum atomic E-state index is 13.1. The summed E-state index contributed by atoms with van der Waals surface area (Å²) < 4.78 is 18.8. The van der Waals surface area contributed by atoms with E-state index >= 15 is 0 Å². The van der Waals surface area contributed by atoms with E-state index in [2.05, 4.69) is 5.32 Å². The van der Waals surface area contributed by atoms with Crippen molar-refractivity contribution in [1.29, 1.82) is 0 Å². The van der Waals surface area contributed by atoms with Crippen LogP contribution >= 0.6 is 11.6 Å². The number of halogens is 2. The lowest BCUT2D eigenvalue weighted by atomic mass is 9.90. The first-order valence-electron chi connectivity index (χ1n) is 7.36. The van der Waals surface area contributed by atoms with E-state index in [0.717, 1.165) is 11.6 Å². The fourth-order valence-electron chi connectivity index (χ4n) is 2.50. The van der Waals surface area contributed by atoms with Crippen molar-refractivity contribution in [3.05, 3.63) is 70.5 Å². The van der Waals surface area contributed by atoms with Gasteiger partial charge in [0, 0.05) is 7.11 Å². The maximum absolute atomic E-state index is 13.1. The summed E-state index contributed by atoms with van der Waals surface area (Å²) >= 11 is 5.93. The second-order valence-corrected chi connectivity index (χ2v) is 5.63. The van der Waals surface area contributed by atoms with Crippen molar-refractivity contribution in [2.75, 3.05) is 13.7 Å². The minimum atomic E-state index is -0.622. The Morgan fingerprint density at radius 3 is 2.52 bits per heavy atom. The SMILES string of the molecule is CCC(CNC(=O)c1ccc(F)cc1Cl)(OC)c1ccccc1. The molecule has 0 aliphatic carbocycles. The molecule has 0 aliphatic heterocycles. The number of ether oxygens (including phenoxy) is 1. The summed E-state index contributed by atoms with van der Waals surface area (Å²) in [5.74, 6) is -0.837. The molecule has 0 aromatic heterocycles. The number of hydrogen-bond acceptors (Lipinski definition) is 2. The van der Waals surface area contributed by atoms with Crippen molar-refractivity contribution in [3.63, 3.8) is 0 Å². The van der Waals surface area contributed by atoms with Gasteiger partial charge in [-0.2, -0.15) is 0 Å². The van der Waals surface area contributed by atoms with Crippen LogP contribution in [0.4, 0.5) is 4.39 Å². The van der Waals surface area contributed by atoms with Gasteiger partial charge in [0.15, 0.2) is 0 Å². The predicted molar refractivity (Wildman–Crippen MR) is 89.2 cm³/mol. The van der Waals surface area contributed by atoms with E-state index in [0.29, 0.717) is 6.42 Å². The average Bonchev–Trinajstić information content (AvgIpc) is 2.57. The summed E-state index contributed by atoms with van der Waals surface area (Å²) in [6.07, 6.45) is 0.685. The quantitative estimate of drug-likeness (QED) is 0.860. The Bertz CT molecular complexity index is 672. The molecule has 23 heavy (non-hydrogen) atoms. The number of carbonyl (C=O) groups excluding carboxylic acids is 1. The third kappa shape index (κ3) is 3.89. The molecular weight excluding hydrogens is 317 g/mol. The van der Waals surface area contributed by atoms with Crippen LogP contribution in [0, 0.1) is 5.82 Å². The Labute approximate surface area is 140 Å². The smallest absolute Gasteiger partial charge is 0.252 e. The molecule has 0 radical (unpaired) electrons.